The molecular formula is C3H11O8P. The molecule has 0 amide bonds. The summed E-state index contributed by atoms with van der Waals surface area (Å²) in [5.74, 6) is 0. The van der Waals surface area contributed by atoms with Gasteiger partial charge in [0.25, 0.3) is 0 Å². The van der Waals surface area contributed by atoms with Gasteiger partial charge in [0.2, 0.25) is 0 Å². The fraction of sp³-hybridized carbons (Fsp3) is 1.00. The van der Waals surface area contributed by atoms with Crippen molar-refractivity contribution < 1.29 is 39.6 Å². The molecule has 0 aliphatic carbocycles. The molecule has 0 rings (SSSR count). The highest BCUT2D eigenvalue weighted by molar-refractivity contribution is 7.46. The highest BCUT2D eigenvalue weighted by Gasteiger charge is 2.15. The lowest BCUT2D eigenvalue weighted by molar-refractivity contribution is -0.176. The summed E-state index contributed by atoms with van der Waals surface area (Å²) in [6, 6.07) is 0. The van der Waals surface area contributed by atoms with Crippen LogP contribution in [0.15, 0.2) is 0 Å². The van der Waals surface area contributed by atoms with Crippen LogP contribution in [0.2, 0.25) is 0 Å². The average Bonchev–Trinajstić information content (AvgIpc) is 2.03. The van der Waals surface area contributed by atoms with Crippen LogP contribution in [-0.2, 0) is 9.09 Å². The number of phosphoric acid groups is 1. The molecule has 0 aromatic rings. The Morgan fingerprint density at radius 1 is 1.33 bits per heavy atom. The zero-order valence-electron chi connectivity index (χ0n) is 5.94. The largest absolute Gasteiger partial charge is 0.469 e. The molecule has 0 aromatic carbocycles. The molecule has 0 aliphatic rings. The lowest BCUT2D eigenvalue weighted by atomic mass is 10.4. The number of hydrogen-bond donors (Lipinski definition) is 6. The summed E-state index contributed by atoms with van der Waals surface area (Å²) in [4.78, 5) is 16.1. The van der Waals surface area contributed by atoms with Gasteiger partial charge in [-0.05, 0) is 0 Å². The van der Waals surface area contributed by atoms with Crippen molar-refractivity contribution in [3.8, 4) is 0 Å². The summed E-state index contributed by atoms with van der Waals surface area (Å²) in [6.07, 6.45) is -1.24. The van der Waals surface area contributed by atoms with E-state index in [2.05, 4.69) is 4.52 Å². The maximum Gasteiger partial charge on any atom is 0.469 e. The maximum atomic E-state index is 9.93. The third kappa shape index (κ3) is 12.6. The number of phosphoric ester groups is 1. The SMILES string of the molecule is O=P(O)(O)OCC(O)CO.OO. The Morgan fingerprint density at radius 3 is 2.00 bits per heavy atom. The first kappa shape index (κ1) is 14.5. The van der Waals surface area contributed by atoms with Gasteiger partial charge >= 0.3 is 7.82 Å². The van der Waals surface area contributed by atoms with E-state index in [1.807, 2.05) is 0 Å². The van der Waals surface area contributed by atoms with Crippen LogP contribution in [-0.4, -0.2) is 49.8 Å². The molecule has 8 nitrogen and oxygen atoms in total. The zero-order valence-corrected chi connectivity index (χ0v) is 6.83. The minimum Gasteiger partial charge on any atom is -0.394 e. The molecule has 1 unspecified atom stereocenters. The summed E-state index contributed by atoms with van der Waals surface area (Å²) >= 11 is 0. The van der Waals surface area contributed by atoms with Crippen molar-refractivity contribution in [1.82, 2.24) is 0 Å². The first-order valence-electron chi connectivity index (χ1n) is 2.64. The minimum absolute atomic E-state index is 0.569. The second kappa shape index (κ2) is 7.59. The molecule has 1 atom stereocenters. The van der Waals surface area contributed by atoms with Gasteiger partial charge in [0.1, 0.15) is 6.10 Å². The summed E-state index contributed by atoms with van der Waals surface area (Å²) in [7, 11) is -4.50. The van der Waals surface area contributed by atoms with Crippen molar-refractivity contribution in [2.45, 2.75) is 6.10 Å². The standard InChI is InChI=1S/C3H9O6P.H2O2/c4-1-3(5)2-9-10(6,7)8;1-2/h3-5H,1-2H2,(H2,6,7,8);1-2H. The summed E-state index contributed by atoms with van der Waals surface area (Å²) in [5.41, 5.74) is 0. The van der Waals surface area contributed by atoms with Crippen molar-refractivity contribution >= 4 is 7.82 Å². The Morgan fingerprint density at radius 2 is 1.75 bits per heavy atom. The third-order valence-electron chi connectivity index (χ3n) is 0.646. The molecule has 0 fully saturated rings. The fourth-order valence-corrected chi connectivity index (χ4v) is 0.602. The Kier molecular flexibility index (Phi) is 9.16. The van der Waals surface area contributed by atoms with Crippen molar-refractivity contribution in [3.63, 3.8) is 0 Å². The monoisotopic (exact) mass is 206 g/mol. The molecule has 0 saturated carbocycles. The highest BCUT2D eigenvalue weighted by Crippen LogP contribution is 2.35. The lowest BCUT2D eigenvalue weighted by Gasteiger charge is -2.07. The molecule has 0 heterocycles. The Hall–Kier alpha value is -0.0500. The summed E-state index contributed by atoms with van der Waals surface area (Å²) < 4.78 is 13.8. The predicted octanol–water partition coefficient (Wildman–Crippen LogP) is -1.53. The Bertz CT molecular complexity index is 130. The molecule has 0 bridgehead atoms. The Balaban J connectivity index is 0. The van der Waals surface area contributed by atoms with E-state index in [1.54, 1.807) is 0 Å². The van der Waals surface area contributed by atoms with Crippen LogP contribution < -0.4 is 0 Å². The number of aliphatic hydroxyl groups is 2. The maximum absolute atomic E-state index is 9.93. The van der Waals surface area contributed by atoms with Gasteiger partial charge in [-0.25, -0.2) is 4.57 Å². The molecule has 0 spiro atoms. The molecule has 0 aromatic heterocycles. The van der Waals surface area contributed by atoms with Crippen LogP contribution in [0.25, 0.3) is 0 Å². The van der Waals surface area contributed by atoms with E-state index in [1.165, 1.54) is 0 Å². The fourth-order valence-electron chi connectivity index (χ4n) is 0.236. The Labute approximate surface area is 67.8 Å². The van der Waals surface area contributed by atoms with Gasteiger partial charge in [-0.3, -0.25) is 15.0 Å². The topological polar surface area (TPSA) is 148 Å². The minimum atomic E-state index is -4.50. The van der Waals surface area contributed by atoms with Crippen molar-refractivity contribution in [1.29, 1.82) is 0 Å². The van der Waals surface area contributed by atoms with Crippen LogP contribution in [0, 0.1) is 0 Å². The van der Waals surface area contributed by atoms with Gasteiger partial charge in [-0.1, -0.05) is 0 Å². The molecule has 0 radical (unpaired) electrons. The molecule has 0 aliphatic heterocycles. The van der Waals surface area contributed by atoms with Crippen molar-refractivity contribution in [2.24, 2.45) is 0 Å². The van der Waals surface area contributed by atoms with Gasteiger partial charge in [-0.15, -0.1) is 0 Å². The summed E-state index contributed by atoms with van der Waals surface area (Å²) in [6.45, 7) is -1.15. The highest BCUT2D eigenvalue weighted by atomic mass is 31.2. The number of rotatable bonds is 4. The second-order valence-corrected chi connectivity index (χ2v) is 2.86. The van der Waals surface area contributed by atoms with Crippen LogP contribution in [0.5, 0.6) is 0 Å². The van der Waals surface area contributed by atoms with Gasteiger partial charge in [-0.2, -0.15) is 0 Å². The normalized spacial score (nSPS) is 13.2. The summed E-state index contributed by atoms with van der Waals surface area (Å²) in [5, 5.41) is 28.7. The predicted molar refractivity (Wildman–Crippen MR) is 36.3 cm³/mol. The van der Waals surface area contributed by atoms with Gasteiger partial charge in [0.05, 0.1) is 13.2 Å². The molecule has 9 heteroatoms. The van der Waals surface area contributed by atoms with Crippen LogP contribution in [0.3, 0.4) is 0 Å². The molecular weight excluding hydrogens is 195 g/mol. The van der Waals surface area contributed by atoms with E-state index >= 15 is 0 Å². The van der Waals surface area contributed by atoms with E-state index in [9.17, 15) is 4.57 Å². The zero-order chi connectivity index (χ0) is 10.2. The van der Waals surface area contributed by atoms with Gasteiger partial charge in [0, 0.05) is 0 Å². The molecule has 76 valence electrons. The van der Waals surface area contributed by atoms with E-state index in [4.69, 9.17) is 30.5 Å². The van der Waals surface area contributed by atoms with E-state index in [0.717, 1.165) is 0 Å². The van der Waals surface area contributed by atoms with E-state index in [-0.39, 0.29) is 0 Å². The third-order valence-corrected chi connectivity index (χ3v) is 1.13. The second-order valence-electron chi connectivity index (χ2n) is 1.62. The van der Waals surface area contributed by atoms with Crippen LogP contribution in [0.4, 0.5) is 0 Å². The van der Waals surface area contributed by atoms with Crippen LogP contribution >= 0.6 is 7.82 Å². The molecule has 0 saturated heterocycles. The molecule has 6 N–H and O–H groups in total. The smallest absolute Gasteiger partial charge is 0.394 e. The number of aliphatic hydroxyl groups excluding tert-OH is 2. The number of hydrogen-bond acceptors (Lipinski definition) is 6. The van der Waals surface area contributed by atoms with Gasteiger partial charge < -0.3 is 20.0 Å². The quantitative estimate of drug-likeness (QED) is 0.184. The molecule has 12 heavy (non-hydrogen) atoms. The van der Waals surface area contributed by atoms with E-state index in [0.29, 0.717) is 0 Å². The average molecular weight is 206 g/mol. The van der Waals surface area contributed by atoms with E-state index < -0.39 is 27.1 Å². The lowest BCUT2D eigenvalue weighted by Crippen LogP contribution is -2.18. The van der Waals surface area contributed by atoms with Crippen molar-refractivity contribution in [3.05, 3.63) is 0 Å². The first-order valence-corrected chi connectivity index (χ1v) is 4.18. The first-order chi connectivity index (χ1) is 5.45. The van der Waals surface area contributed by atoms with Crippen molar-refractivity contribution in [2.75, 3.05) is 13.2 Å². The van der Waals surface area contributed by atoms with Gasteiger partial charge in [0.15, 0.2) is 0 Å². The van der Waals surface area contributed by atoms with Crippen LogP contribution in [0.1, 0.15) is 0 Å².